The number of carbonyl (C=O) groups excluding carboxylic acids is 1. The topological polar surface area (TPSA) is 38.3 Å². The minimum Gasteiger partial charge on any atom is -0.465 e. The Kier molecular flexibility index (Phi) is 7.83. The molecule has 3 nitrogen and oxygen atoms in total. The summed E-state index contributed by atoms with van der Waals surface area (Å²) in [6.07, 6.45) is 1.79. The lowest BCUT2D eigenvalue weighted by Crippen LogP contribution is -2.48. The summed E-state index contributed by atoms with van der Waals surface area (Å²) < 4.78 is 5.13. The molecule has 1 atom stereocenters. The van der Waals surface area contributed by atoms with Crippen molar-refractivity contribution in [2.24, 2.45) is 0 Å². The van der Waals surface area contributed by atoms with Gasteiger partial charge in [0.05, 0.1) is 6.61 Å². The molecule has 0 aliphatic heterocycles. The lowest BCUT2D eigenvalue weighted by Gasteiger charge is -2.26. The van der Waals surface area contributed by atoms with Gasteiger partial charge in [-0.15, -0.1) is 0 Å². The lowest BCUT2D eigenvalue weighted by molar-refractivity contribution is -0.150. The van der Waals surface area contributed by atoms with Gasteiger partial charge in [0.15, 0.2) is 0 Å². The molecule has 0 spiro atoms. The third-order valence-electron chi connectivity index (χ3n) is 3.76. The number of rotatable bonds is 9. The van der Waals surface area contributed by atoms with Crippen molar-refractivity contribution < 1.29 is 9.53 Å². The zero-order valence-corrected chi connectivity index (χ0v) is 14.4. The van der Waals surface area contributed by atoms with E-state index in [-0.39, 0.29) is 5.97 Å². The predicted octanol–water partition coefficient (Wildman–Crippen LogP) is 3.55. The molecule has 1 aromatic carbocycles. The van der Waals surface area contributed by atoms with E-state index in [1.807, 2.05) is 32.7 Å². The van der Waals surface area contributed by atoms with Crippen LogP contribution in [0.5, 0.6) is 0 Å². The number of aryl methyl sites for hydroxylation is 1. The number of hydrogen-bond acceptors (Lipinski definition) is 4. The largest absolute Gasteiger partial charge is 0.465 e. The summed E-state index contributed by atoms with van der Waals surface area (Å²) in [7, 11) is 1.82. The van der Waals surface area contributed by atoms with Crippen LogP contribution in [0.3, 0.4) is 0 Å². The van der Waals surface area contributed by atoms with E-state index in [2.05, 4.69) is 36.5 Å². The van der Waals surface area contributed by atoms with Crippen molar-refractivity contribution in [3.8, 4) is 0 Å². The second kappa shape index (κ2) is 9.11. The highest BCUT2D eigenvalue weighted by Crippen LogP contribution is 2.20. The van der Waals surface area contributed by atoms with E-state index in [0.717, 1.165) is 24.3 Å². The molecule has 0 amide bonds. The molecule has 0 aliphatic rings. The standard InChI is InChI=1S/C17H27NO2S/c1-5-20-16(19)17(3,18-4)11-8-12-21-13-15-10-7-6-9-14(15)2/h6-7,9-10,18H,5,8,11-13H2,1-4H3. The molecule has 0 heterocycles. The molecule has 21 heavy (non-hydrogen) atoms. The van der Waals surface area contributed by atoms with E-state index in [1.165, 1.54) is 11.1 Å². The number of thioether (sulfide) groups is 1. The molecular weight excluding hydrogens is 282 g/mol. The maximum absolute atomic E-state index is 11.9. The van der Waals surface area contributed by atoms with Crippen LogP contribution < -0.4 is 5.32 Å². The van der Waals surface area contributed by atoms with E-state index in [9.17, 15) is 4.79 Å². The number of carbonyl (C=O) groups is 1. The number of likely N-dealkylation sites (N-methyl/N-ethyl adjacent to an activating group) is 1. The summed E-state index contributed by atoms with van der Waals surface area (Å²) in [5.41, 5.74) is 2.17. The molecule has 1 unspecified atom stereocenters. The summed E-state index contributed by atoms with van der Waals surface area (Å²) >= 11 is 1.92. The maximum atomic E-state index is 11.9. The number of hydrogen-bond donors (Lipinski definition) is 1. The maximum Gasteiger partial charge on any atom is 0.326 e. The van der Waals surface area contributed by atoms with Crippen molar-refractivity contribution in [1.29, 1.82) is 0 Å². The van der Waals surface area contributed by atoms with Gasteiger partial charge < -0.3 is 10.1 Å². The highest BCUT2D eigenvalue weighted by Gasteiger charge is 2.32. The first-order valence-corrected chi connectivity index (χ1v) is 8.67. The normalized spacial score (nSPS) is 13.7. The van der Waals surface area contributed by atoms with Gasteiger partial charge in [-0.3, -0.25) is 4.79 Å². The molecule has 4 heteroatoms. The fourth-order valence-electron chi connectivity index (χ4n) is 2.10. The first-order valence-electron chi connectivity index (χ1n) is 7.52. The second-order valence-corrected chi connectivity index (χ2v) is 6.49. The van der Waals surface area contributed by atoms with Crippen molar-refractivity contribution in [2.45, 2.75) is 44.9 Å². The Labute approximate surface area is 132 Å². The lowest BCUT2D eigenvalue weighted by atomic mass is 9.97. The number of ether oxygens (including phenoxy) is 1. The van der Waals surface area contributed by atoms with Crippen LogP contribution in [0.1, 0.15) is 37.8 Å². The molecule has 1 N–H and O–H groups in total. The van der Waals surface area contributed by atoms with Gasteiger partial charge in [-0.25, -0.2) is 0 Å². The zero-order chi connectivity index (χ0) is 15.7. The fraction of sp³-hybridized carbons (Fsp3) is 0.588. The minimum absolute atomic E-state index is 0.156. The average Bonchev–Trinajstić information content (AvgIpc) is 2.48. The Balaban J connectivity index is 2.32. The van der Waals surface area contributed by atoms with Crippen molar-refractivity contribution >= 4 is 17.7 Å². The quantitative estimate of drug-likeness (QED) is 0.559. The number of benzene rings is 1. The van der Waals surface area contributed by atoms with Crippen LogP contribution >= 0.6 is 11.8 Å². The molecule has 0 fully saturated rings. The van der Waals surface area contributed by atoms with Gasteiger partial charge in [0, 0.05) is 5.75 Å². The van der Waals surface area contributed by atoms with Gasteiger partial charge in [-0.1, -0.05) is 24.3 Å². The summed E-state index contributed by atoms with van der Waals surface area (Å²) in [5, 5.41) is 3.10. The molecule has 0 aromatic heterocycles. The third-order valence-corrected chi connectivity index (χ3v) is 4.85. The van der Waals surface area contributed by atoms with Crippen LogP contribution in [0.4, 0.5) is 0 Å². The summed E-state index contributed by atoms with van der Waals surface area (Å²) in [4.78, 5) is 11.9. The molecule has 0 saturated carbocycles. The van der Waals surface area contributed by atoms with Gasteiger partial charge in [-0.05, 0) is 57.5 Å². The molecule has 1 aromatic rings. The van der Waals surface area contributed by atoms with Crippen LogP contribution in [0, 0.1) is 6.92 Å². The zero-order valence-electron chi connectivity index (χ0n) is 13.6. The molecule has 118 valence electrons. The van der Waals surface area contributed by atoms with E-state index in [1.54, 1.807) is 0 Å². The van der Waals surface area contributed by atoms with Gasteiger partial charge >= 0.3 is 5.97 Å². The molecular formula is C17H27NO2S. The SMILES string of the molecule is CCOC(=O)C(C)(CCCSCc1ccccc1C)NC. The van der Waals surface area contributed by atoms with Gasteiger partial charge in [0.25, 0.3) is 0 Å². The number of nitrogens with one attached hydrogen (secondary N) is 1. The summed E-state index contributed by atoms with van der Waals surface area (Å²) in [6.45, 7) is 6.33. The molecule has 0 saturated heterocycles. The highest BCUT2D eigenvalue weighted by atomic mass is 32.2. The Morgan fingerprint density at radius 1 is 1.38 bits per heavy atom. The Hall–Kier alpha value is -1.00. The van der Waals surface area contributed by atoms with Crippen LogP contribution in [0.15, 0.2) is 24.3 Å². The van der Waals surface area contributed by atoms with E-state index >= 15 is 0 Å². The Bertz CT molecular complexity index is 450. The van der Waals surface area contributed by atoms with E-state index in [4.69, 9.17) is 4.74 Å². The summed E-state index contributed by atoms with van der Waals surface area (Å²) in [6, 6.07) is 8.48. The van der Waals surface area contributed by atoms with E-state index in [0.29, 0.717) is 6.61 Å². The molecule has 1 rings (SSSR count). The van der Waals surface area contributed by atoms with Crippen LogP contribution in [-0.2, 0) is 15.3 Å². The van der Waals surface area contributed by atoms with Gasteiger partial charge in [-0.2, -0.15) is 11.8 Å². The summed E-state index contributed by atoms with van der Waals surface area (Å²) in [5.74, 6) is 1.92. The predicted molar refractivity (Wildman–Crippen MR) is 90.7 cm³/mol. The fourth-order valence-corrected chi connectivity index (χ4v) is 3.14. The van der Waals surface area contributed by atoms with Crippen molar-refractivity contribution in [2.75, 3.05) is 19.4 Å². The van der Waals surface area contributed by atoms with Gasteiger partial charge in [0.2, 0.25) is 0 Å². The first-order chi connectivity index (χ1) is 10.0. The van der Waals surface area contributed by atoms with Crippen LogP contribution in [-0.4, -0.2) is 30.9 Å². The second-order valence-electron chi connectivity index (χ2n) is 5.39. The first kappa shape index (κ1) is 18.1. The average molecular weight is 309 g/mol. The van der Waals surface area contributed by atoms with E-state index < -0.39 is 5.54 Å². The van der Waals surface area contributed by atoms with Crippen LogP contribution in [0.25, 0.3) is 0 Å². The van der Waals surface area contributed by atoms with Gasteiger partial charge in [0.1, 0.15) is 5.54 Å². The van der Waals surface area contributed by atoms with Crippen molar-refractivity contribution in [3.05, 3.63) is 35.4 Å². The third kappa shape index (κ3) is 5.71. The Morgan fingerprint density at radius 2 is 2.10 bits per heavy atom. The van der Waals surface area contributed by atoms with Crippen molar-refractivity contribution in [1.82, 2.24) is 5.32 Å². The molecule has 0 radical (unpaired) electrons. The highest BCUT2D eigenvalue weighted by molar-refractivity contribution is 7.98. The Morgan fingerprint density at radius 3 is 2.71 bits per heavy atom. The molecule has 0 bridgehead atoms. The van der Waals surface area contributed by atoms with Crippen LogP contribution in [0.2, 0.25) is 0 Å². The van der Waals surface area contributed by atoms with Crippen molar-refractivity contribution in [3.63, 3.8) is 0 Å². The minimum atomic E-state index is -0.570. The smallest absolute Gasteiger partial charge is 0.326 e. The molecule has 0 aliphatic carbocycles. The number of esters is 1. The monoisotopic (exact) mass is 309 g/mol.